The van der Waals surface area contributed by atoms with E-state index in [2.05, 4.69) is 15.1 Å². The number of benzene rings is 1. The van der Waals surface area contributed by atoms with Crippen LogP contribution < -0.4 is 0 Å². The minimum atomic E-state index is 0.415. The Morgan fingerprint density at radius 3 is 2.19 bits per heavy atom. The Morgan fingerprint density at radius 1 is 1.19 bits per heavy atom. The van der Waals surface area contributed by atoms with Gasteiger partial charge in [-0.2, -0.15) is 0 Å². The molecule has 0 aliphatic carbocycles. The summed E-state index contributed by atoms with van der Waals surface area (Å²) in [6, 6.07) is 9.40. The highest BCUT2D eigenvalue weighted by Gasteiger charge is 2.07. The molecule has 0 atom stereocenters. The van der Waals surface area contributed by atoms with Gasteiger partial charge in [0.05, 0.1) is 0 Å². The molecule has 0 fully saturated rings. The van der Waals surface area contributed by atoms with Crippen LogP contribution in [0.25, 0.3) is 0 Å². The zero-order chi connectivity index (χ0) is 12.4. The standard InChI is InChI=1S/C10H12N2O2.C2H6/c1-8(11-13)10(12-14-2)9-6-4-3-5-7-9;1-2/h3-7,13H,1-2H3;1-2H3/b11-8+,12-10-;. The van der Waals surface area contributed by atoms with E-state index in [-0.39, 0.29) is 0 Å². The molecule has 88 valence electrons. The maximum atomic E-state index is 8.64. The highest BCUT2D eigenvalue weighted by Crippen LogP contribution is 2.03. The Labute approximate surface area is 96.2 Å². The van der Waals surface area contributed by atoms with Gasteiger partial charge >= 0.3 is 0 Å². The van der Waals surface area contributed by atoms with E-state index in [4.69, 9.17) is 5.21 Å². The first kappa shape index (κ1) is 14.2. The Morgan fingerprint density at radius 2 is 1.75 bits per heavy atom. The van der Waals surface area contributed by atoms with Crippen LogP contribution in [0.4, 0.5) is 0 Å². The second-order valence-corrected chi connectivity index (χ2v) is 2.67. The van der Waals surface area contributed by atoms with Crippen LogP contribution in [0.5, 0.6) is 0 Å². The van der Waals surface area contributed by atoms with E-state index in [9.17, 15) is 0 Å². The second kappa shape index (κ2) is 8.47. The van der Waals surface area contributed by atoms with Gasteiger partial charge in [0, 0.05) is 5.56 Å². The third-order valence-corrected chi connectivity index (χ3v) is 1.72. The van der Waals surface area contributed by atoms with Gasteiger partial charge in [-0.15, -0.1) is 0 Å². The molecule has 0 spiro atoms. The first-order valence-electron chi connectivity index (χ1n) is 5.15. The van der Waals surface area contributed by atoms with Gasteiger partial charge in [-0.05, 0) is 6.92 Å². The number of oxime groups is 2. The van der Waals surface area contributed by atoms with Crippen molar-refractivity contribution in [3.8, 4) is 0 Å². The number of hydrogen-bond donors (Lipinski definition) is 1. The predicted molar refractivity (Wildman–Crippen MR) is 66.2 cm³/mol. The topological polar surface area (TPSA) is 54.2 Å². The predicted octanol–water partition coefficient (Wildman–Crippen LogP) is 2.91. The second-order valence-electron chi connectivity index (χ2n) is 2.67. The fraction of sp³-hybridized carbons (Fsp3) is 0.333. The normalized spacial score (nSPS) is 11.5. The van der Waals surface area contributed by atoms with Gasteiger partial charge in [-0.1, -0.05) is 54.5 Å². The average Bonchev–Trinajstić information content (AvgIpc) is 2.38. The third kappa shape index (κ3) is 4.13. The lowest BCUT2D eigenvalue weighted by atomic mass is 10.1. The number of rotatable bonds is 3. The van der Waals surface area contributed by atoms with Crippen molar-refractivity contribution in [3.05, 3.63) is 35.9 Å². The molecule has 1 rings (SSSR count). The van der Waals surface area contributed by atoms with Crippen LogP contribution in [0.3, 0.4) is 0 Å². The maximum absolute atomic E-state index is 8.64. The lowest BCUT2D eigenvalue weighted by Crippen LogP contribution is -2.12. The molecule has 0 bridgehead atoms. The molecular formula is C12H18N2O2. The van der Waals surface area contributed by atoms with Crippen LogP contribution in [0, 0.1) is 0 Å². The van der Waals surface area contributed by atoms with Crippen molar-refractivity contribution in [2.75, 3.05) is 7.11 Å². The first-order valence-corrected chi connectivity index (χ1v) is 5.15. The summed E-state index contributed by atoms with van der Waals surface area (Å²) in [7, 11) is 1.45. The van der Waals surface area contributed by atoms with Crippen LogP contribution in [0.1, 0.15) is 26.3 Å². The Balaban J connectivity index is 0.00000106. The summed E-state index contributed by atoms with van der Waals surface area (Å²) < 4.78 is 0. The van der Waals surface area contributed by atoms with Crippen LogP contribution in [0.2, 0.25) is 0 Å². The van der Waals surface area contributed by atoms with E-state index in [1.165, 1.54) is 7.11 Å². The summed E-state index contributed by atoms with van der Waals surface area (Å²) in [6.45, 7) is 5.66. The van der Waals surface area contributed by atoms with Crippen LogP contribution >= 0.6 is 0 Å². The zero-order valence-electron chi connectivity index (χ0n) is 10.1. The zero-order valence-corrected chi connectivity index (χ0v) is 10.1. The Kier molecular flexibility index (Phi) is 7.49. The molecule has 0 aromatic heterocycles. The molecule has 0 saturated carbocycles. The van der Waals surface area contributed by atoms with E-state index >= 15 is 0 Å². The molecule has 1 aromatic rings. The first-order chi connectivity index (χ1) is 7.79. The lowest BCUT2D eigenvalue weighted by Gasteiger charge is -2.02. The van der Waals surface area contributed by atoms with Crippen LogP contribution in [0.15, 0.2) is 40.6 Å². The van der Waals surface area contributed by atoms with Gasteiger partial charge in [0.1, 0.15) is 18.5 Å². The summed E-state index contributed by atoms with van der Waals surface area (Å²) in [5, 5.41) is 15.5. The molecule has 4 nitrogen and oxygen atoms in total. The average molecular weight is 222 g/mol. The van der Waals surface area contributed by atoms with Gasteiger partial charge in [0.2, 0.25) is 0 Å². The molecule has 1 aromatic carbocycles. The maximum Gasteiger partial charge on any atom is 0.134 e. The summed E-state index contributed by atoms with van der Waals surface area (Å²) in [6.07, 6.45) is 0. The van der Waals surface area contributed by atoms with Crippen molar-refractivity contribution in [2.45, 2.75) is 20.8 Å². The van der Waals surface area contributed by atoms with Crippen LogP contribution in [-0.4, -0.2) is 23.7 Å². The molecule has 0 unspecified atom stereocenters. The molecule has 16 heavy (non-hydrogen) atoms. The van der Waals surface area contributed by atoms with Gasteiger partial charge in [-0.3, -0.25) is 0 Å². The van der Waals surface area contributed by atoms with E-state index in [0.717, 1.165) is 5.56 Å². The molecule has 0 radical (unpaired) electrons. The number of nitrogens with zero attached hydrogens (tertiary/aromatic N) is 2. The van der Waals surface area contributed by atoms with Crippen molar-refractivity contribution in [1.29, 1.82) is 0 Å². The van der Waals surface area contributed by atoms with E-state index in [0.29, 0.717) is 11.4 Å². The van der Waals surface area contributed by atoms with Gasteiger partial charge in [0.15, 0.2) is 0 Å². The van der Waals surface area contributed by atoms with Crippen molar-refractivity contribution in [1.82, 2.24) is 0 Å². The molecule has 0 heterocycles. The minimum absolute atomic E-state index is 0.415. The van der Waals surface area contributed by atoms with Gasteiger partial charge < -0.3 is 10.0 Å². The third-order valence-electron chi connectivity index (χ3n) is 1.72. The largest absolute Gasteiger partial charge is 0.411 e. The highest BCUT2D eigenvalue weighted by atomic mass is 16.6. The summed E-state index contributed by atoms with van der Waals surface area (Å²) in [5.41, 5.74) is 1.79. The molecule has 1 N–H and O–H groups in total. The van der Waals surface area contributed by atoms with Crippen LogP contribution in [-0.2, 0) is 4.84 Å². The molecule has 0 aliphatic rings. The highest BCUT2D eigenvalue weighted by molar-refractivity contribution is 6.47. The summed E-state index contributed by atoms with van der Waals surface area (Å²) >= 11 is 0. The van der Waals surface area contributed by atoms with Gasteiger partial charge in [0.25, 0.3) is 0 Å². The Hall–Kier alpha value is -1.84. The molecule has 0 aliphatic heterocycles. The fourth-order valence-electron chi connectivity index (χ4n) is 1.06. The van der Waals surface area contributed by atoms with E-state index in [1.807, 2.05) is 44.2 Å². The lowest BCUT2D eigenvalue weighted by molar-refractivity contribution is 0.214. The van der Waals surface area contributed by atoms with Gasteiger partial charge in [-0.25, -0.2) is 0 Å². The van der Waals surface area contributed by atoms with Crippen molar-refractivity contribution >= 4 is 11.4 Å². The molecule has 4 heteroatoms. The molecular weight excluding hydrogens is 204 g/mol. The van der Waals surface area contributed by atoms with Crippen molar-refractivity contribution in [3.63, 3.8) is 0 Å². The SMILES string of the molecule is CC.CO/N=C(/C(C)=N/O)c1ccccc1. The monoisotopic (exact) mass is 222 g/mol. The smallest absolute Gasteiger partial charge is 0.134 e. The molecule has 0 amide bonds. The quantitative estimate of drug-likeness (QED) is 0.485. The fourth-order valence-corrected chi connectivity index (χ4v) is 1.06. The summed E-state index contributed by atoms with van der Waals surface area (Å²) in [4.78, 5) is 4.68. The number of hydrogen-bond acceptors (Lipinski definition) is 4. The van der Waals surface area contributed by atoms with E-state index < -0.39 is 0 Å². The minimum Gasteiger partial charge on any atom is -0.411 e. The molecule has 0 saturated heterocycles. The van der Waals surface area contributed by atoms with Crippen molar-refractivity contribution in [2.24, 2.45) is 10.3 Å². The summed E-state index contributed by atoms with van der Waals surface area (Å²) in [5.74, 6) is 0. The van der Waals surface area contributed by atoms with E-state index in [1.54, 1.807) is 6.92 Å². The Bertz CT molecular complexity index is 345. The van der Waals surface area contributed by atoms with Crippen molar-refractivity contribution < 1.29 is 10.0 Å².